The van der Waals surface area contributed by atoms with Crippen LogP contribution in [0.1, 0.15) is 27.1 Å². The molecular weight excluding hydrogens is 410 g/mol. The van der Waals surface area contributed by atoms with Crippen molar-refractivity contribution >= 4 is 29.3 Å². The molecule has 32 heavy (non-hydrogen) atoms. The number of carbonyl (C=O) groups excluding carboxylic acids is 4. The predicted molar refractivity (Wildman–Crippen MR) is 114 cm³/mol. The van der Waals surface area contributed by atoms with Gasteiger partial charge in [0.2, 0.25) is 11.8 Å². The van der Waals surface area contributed by atoms with Crippen molar-refractivity contribution in [1.82, 2.24) is 0 Å². The number of hydrogen-bond donors (Lipinski definition) is 0. The summed E-state index contributed by atoms with van der Waals surface area (Å²) in [5.41, 5.74) is 1.09. The Labute approximate surface area is 184 Å². The quantitative estimate of drug-likeness (QED) is 0.302. The van der Waals surface area contributed by atoms with E-state index >= 15 is 0 Å². The summed E-state index contributed by atoms with van der Waals surface area (Å²) in [5.74, 6) is -0.960. The van der Waals surface area contributed by atoms with Crippen molar-refractivity contribution in [3.05, 3.63) is 71.8 Å². The Balaban J connectivity index is 1.23. The summed E-state index contributed by atoms with van der Waals surface area (Å²) in [6.07, 6.45) is 4.97. The average molecular weight is 431 g/mol. The fourth-order valence-corrected chi connectivity index (χ4v) is 4.98. The number of ketones is 1. The molecule has 2 bridgehead atoms. The highest BCUT2D eigenvalue weighted by molar-refractivity contribution is 6.22. The molecule has 0 unspecified atom stereocenters. The third kappa shape index (κ3) is 3.21. The third-order valence-electron chi connectivity index (χ3n) is 6.58. The molecule has 162 valence electrons. The van der Waals surface area contributed by atoms with Crippen molar-refractivity contribution in [3.8, 4) is 5.75 Å². The summed E-state index contributed by atoms with van der Waals surface area (Å²) in [5, 5.41) is 0. The summed E-state index contributed by atoms with van der Waals surface area (Å²) in [4.78, 5) is 51.6. The average Bonchev–Trinajstić information content (AvgIpc) is 3.51. The number of imide groups is 1. The van der Waals surface area contributed by atoms with E-state index in [0.29, 0.717) is 17.0 Å². The molecule has 0 radical (unpaired) electrons. The summed E-state index contributed by atoms with van der Waals surface area (Å²) in [7, 11) is 1.53. The van der Waals surface area contributed by atoms with E-state index in [0.717, 1.165) is 6.42 Å². The smallest absolute Gasteiger partial charge is 0.338 e. The monoisotopic (exact) mass is 431 g/mol. The van der Waals surface area contributed by atoms with Gasteiger partial charge in [-0.1, -0.05) is 12.2 Å². The van der Waals surface area contributed by atoms with Crippen molar-refractivity contribution < 1.29 is 28.7 Å². The van der Waals surface area contributed by atoms with E-state index in [1.54, 1.807) is 36.4 Å². The van der Waals surface area contributed by atoms with Crippen LogP contribution in [0.3, 0.4) is 0 Å². The second kappa shape index (κ2) is 7.75. The van der Waals surface area contributed by atoms with Gasteiger partial charge in [0.1, 0.15) is 5.75 Å². The Morgan fingerprint density at radius 2 is 1.44 bits per heavy atom. The van der Waals surface area contributed by atoms with Crippen LogP contribution in [-0.4, -0.2) is 37.3 Å². The van der Waals surface area contributed by atoms with Crippen molar-refractivity contribution in [1.29, 1.82) is 0 Å². The molecule has 0 aromatic heterocycles. The van der Waals surface area contributed by atoms with Crippen LogP contribution >= 0.6 is 0 Å². The topological polar surface area (TPSA) is 90.0 Å². The molecule has 2 aliphatic carbocycles. The number of rotatable bonds is 6. The number of fused-ring (bicyclic) bond motifs is 5. The molecule has 0 spiro atoms. The van der Waals surface area contributed by atoms with Gasteiger partial charge >= 0.3 is 5.97 Å². The minimum atomic E-state index is -0.656. The van der Waals surface area contributed by atoms with Crippen molar-refractivity contribution in [2.75, 3.05) is 18.6 Å². The Morgan fingerprint density at radius 3 is 2.00 bits per heavy atom. The van der Waals surface area contributed by atoms with E-state index < -0.39 is 12.6 Å². The number of carbonyl (C=O) groups is 4. The predicted octanol–water partition coefficient (Wildman–Crippen LogP) is 3.05. The molecule has 2 aromatic rings. The van der Waals surface area contributed by atoms with E-state index in [9.17, 15) is 19.2 Å². The summed E-state index contributed by atoms with van der Waals surface area (Å²) in [6, 6.07) is 12.6. The molecule has 2 aromatic carbocycles. The number of ether oxygens (including phenoxy) is 2. The molecular formula is C25H21NO6. The fourth-order valence-electron chi connectivity index (χ4n) is 4.98. The minimum absolute atomic E-state index is 0.143. The van der Waals surface area contributed by atoms with Gasteiger partial charge < -0.3 is 9.47 Å². The normalized spacial score (nSPS) is 25.2. The summed E-state index contributed by atoms with van der Waals surface area (Å²) < 4.78 is 10.2. The second-order valence-electron chi connectivity index (χ2n) is 8.29. The number of hydrogen-bond acceptors (Lipinski definition) is 6. The highest BCUT2D eigenvalue weighted by atomic mass is 16.5. The number of nitrogens with zero attached hydrogens (tertiary/aromatic N) is 1. The number of Topliss-reactive ketones (excluding diaryl/α,β-unsaturated/α-hetero) is 1. The van der Waals surface area contributed by atoms with Crippen LogP contribution in [0.5, 0.6) is 5.75 Å². The van der Waals surface area contributed by atoms with Gasteiger partial charge in [0.05, 0.1) is 30.2 Å². The Morgan fingerprint density at radius 1 is 0.875 bits per heavy atom. The first-order chi connectivity index (χ1) is 15.5. The lowest BCUT2D eigenvalue weighted by Crippen LogP contribution is -2.32. The number of allylic oxidation sites excluding steroid dienone is 2. The van der Waals surface area contributed by atoms with Crippen LogP contribution < -0.4 is 9.64 Å². The summed E-state index contributed by atoms with van der Waals surface area (Å²) in [6.45, 7) is -0.394. The standard InChI is InChI=1S/C25H21NO6/c1-31-19-10-6-14(7-11-19)20(27)13-32-25(30)15-4-8-18(9-5-15)26-23(28)21-16-2-3-17(12-16)22(21)24(26)29/h2-11,16-17,21-22H,12-13H2,1H3/t16-,17+,21-,22+. The number of anilines is 1. The molecule has 4 atom stereocenters. The van der Waals surface area contributed by atoms with Gasteiger partial charge in [0.25, 0.3) is 0 Å². The number of esters is 1. The van der Waals surface area contributed by atoms with E-state index in [4.69, 9.17) is 9.47 Å². The number of methoxy groups -OCH3 is 1. The second-order valence-corrected chi connectivity index (χ2v) is 8.29. The number of benzene rings is 2. The third-order valence-corrected chi connectivity index (χ3v) is 6.58. The molecule has 2 fully saturated rings. The maximum Gasteiger partial charge on any atom is 0.338 e. The van der Waals surface area contributed by atoms with Gasteiger partial charge in [-0.2, -0.15) is 0 Å². The van der Waals surface area contributed by atoms with Crippen LogP contribution in [0, 0.1) is 23.7 Å². The summed E-state index contributed by atoms with van der Waals surface area (Å²) >= 11 is 0. The fraction of sp³-hybridized carbons (Fsp3) is 0.280. The molecule has 1 heterocycles. The molecule has 2 amide bonds. The van der Waals surface area contributed by atoms with Gasteiger partial charge in [-0.25, -0.2) is 4.79 Å². The van der Waals surface area contributed by atoms with Gasteiger partial charge in [-0.3, -0.25) is 19.3 Å². The molecule has 0 N–H and O–H groups in total. The van der Waals surface area contributed by atoms with Crippen LogP contribution in [-0.2, 0) is 14.3 Å². The molecule has 1 aliphatic heterocycles. The highest BCUT2D eigenvalue weighted by Crippen LogP contribution is 2.53. The maximum atomic E-state index is 12.9. The Bertz CT molecular complexity index is 1100. The Hall–Kier alpha value is -3.74. The molecule has 7 nitrogen and oxygen atoms in total. The van der Waals surface area contributed by atoms with E-state index in [1.807, 2.05) is 12.2 Å². The van der Waals surface area contributed by atoms with E-state index in [2.05, 4.69) is 0 Å². The van der Waals surface area contributed by atoms with Gasteiger partial charge in [0.15, 0.2) is 12.4 Å². The van der Waals surface area contributed by atoms with Crippen LogP contribution in [0.4, 0.5) is 5.69 Å². The maximum absolute atomic E-state index is 12.9. The van der Waals surface area contributed by atoms with Crippen LogP contribution in [0.15, 0.2) is 60.7 Å². The SMILES string of the molecule is COc1ccc(C(=O)COC(=O)c2ccc(N3C(=O)[C@@H]4[C@H](C3=O)[C@@H]3C=C[C@H]4C3)cc2)cc1. The van der Waals surface area contributed by atoms with Gasteiger partial charge in [-0.05, 0) is 66.8 Å². The first kappa shape index (κ1) is 20.2. The zero-order valence-corrected chi connectivity index (χ0v) is 17.4. The van der Waals surface area contributed by atoms with Crippen molar-refractivity contribution in [2.45, 2.75) is 6.42 Å². The van der Waals surface area contributed by atoms with E-state index in [-0.39, 0.29) is 46.8 Å². The lowest BCUT2D eigenvalue weighted by Gasteiger charge is -2.17. The lowest BCUT2D eigenvalue weighted by molar-refractivity contribution is -0.123. The van der Waals surface area contributed by atoms with Crippen molar-refractivity contribution in [3.63, 3.8) is 0 Å². The molecule has 3 aliphatic rings. The zero-order chi connectivity index (χ0) is 22.4. The highest BCUT2D eigenvalue weighted by Gasteiger charge is 2.59. The van der Waals surface area contributed by atoms with Crippen LogP contribution in [0.25, 0.3) is 0 Å². The minimum Gasteiger partial charge on any atom is -0.497 e. The molecule has 1 saturated heterocycles. The van der Waals surface area contributed by atoms with Gasteiger partial charge in [0, 0.05) is 5.56 Å². The van der Waals surface area contributed by atoms with Gasteiger partial charge in [-0.15, -0.1) is 0 Å². The largest absolute Gasteiger partial charge is 0.497 e. The molecule has 1 saturated carbocycles. The Kier molecular flexibility index (Phi) is 4.89. The lowest BCUT2D eigenvalue weighted by atomic mass is 9.85. The molecule has 5 rings (SSSR count). The van der Waals surface area contributed by atoms with Crippen molar-refractivity contribution in [2.24, 2.45) is 23.7 Å². The first-order valence-electron chi connectivity index (χ1n) is 10.5. The first-order valence-corrected chi connectivity index (χ1v) is 10.5. The zero-order valence-electron chi connectivity index (χ0n) is 17.4. The molecule has 7 heteroatoms. The van der Waals surface area contributed by atoms with Crippen LogP contribution in [0.2, 0.25) is 0 Å². The van der Waals surface area contributed by atoms with E-state index in [1.165, 1.54) is 24.1 Å². The number of amides is 2.